The van der Waals surface area contributed by atoms with Crippen LogP contribution >= 0.6 is 0 Å². The summed E-state index contributed by atoms with van der Waals surface area (Å²) in [4.78, 5) is 0. The smallest absolute Gasteiger partial charge is 0.0411 e. The lowest BCUT2D eigenvalue weighted by atomic mass is 9.91. The molecule has 0 aromatic heterocycles. The predicted molar refractivity (Wildman–Crippen MR) is 65.9 cm³/mol. The topological polar surface area (TPSA) is 26.0 Å². The number of allylic oxidation sites excluding steroid dienone is 4. The van der Waals surface area contributed by atoms with E-state index in [0.29, 0.717) is 5.92 Å². The predicted octanol–water partition coefficient (Wildman–Crippen LogP) is 3.04. The van der Waals surface area contributed by atoms with E-state index in [0.717, 1.165) is 19.3 Å². The summed E-state index contributed by atoms with van der Waals surface area (Å²) in [5.74, 6) is 0.493. The Labute approximate surface area is 96.7 Å². The van der Waals surface area contributed by atoms with Gasteiger partial charge in [0.25, 0.3) is 0 Å². The van der Waals surface area contributed by atoms with E-state index < -0.39 is 0 Å². The number of rotatable bonds is 2. The van der Waals surface area contributed by atoms with Gasteiger partial charge in [-0.2, -0.15) is 0 Å². The van der Waals surface area contributed by atoms with Crippen LogP contribution in [0.15, 0.2) is 42.5 Å². The Bertz CT molecular complexity index is 435. The van der Waals surface area contributed by atoms with Gasteiger partial charge in [-0.05, 0) is 36.5 Å². The van der Waals surface area contributed by atoms with Crippen molar-refractivity contribution in [2.45, 2.75) is 30.7 Å². The van der Waals surface area contributed by atoms with Crippen molar-refractivity contribution in [1.29, 1.82) is 0 Å². The van der Waals surface area contributed by atoms with Gasteiger partial charge in [0, 0.05) is 11.5 Å². The Hall–Kier alpha value is -1.34. The molecule has 0 bridgehead atoms. The molecular formula is C15H16N. The van der Waals surface area contributed by atoms with E-state index in [4.69, 9.17) is 5.73 Å². The van der Waals surface area contributed by atoms with Crippen molar-refractivity contribution in [3.05, 3.63) is 59.7 Å². The first-order valence-corrected chi connectivity index (χ1v) is 5.92. The maximum absolute atomic E-state index is 6.17. The van der Waals surface area contributed by atoms with Crippen LogP contribution in [0.25, 0.3) is 0 Å². The SMILES string of the molecule is NC1(c2ccc(C3C=[C]C=CC3)cc2)CC1. The van der Waals surface area contributed by atoms with E-state index in [1.54, 1.807) is 0 Å². The lowest BCUT2D eigenvalue weighted by Crippen LogP contribution is -2.18. The summed E-state index contributed by atoms with van der Waals surface area (Å²) in [6, 6.07) is 8.80. The van der Waals surface area contributed by atoms with E-state index in [9.17, 15) is 0 Å². The van der Waals surface area contributed by atoms with Crippen molar-refractivity contribution in [3.8, 4) is 0 Å². The van der Waals surface area contributed by atoms with Gasteiger partial charge in [0.05, 0.1) is 0 Å². The zero-order valence-electron chi connectivity index (χ0n) is 9.32. The van der Waals surface area contributed by atoms with Crippen LogP contribution in [0, 0.1) is 6.08 Å². The molecular weight excluding hydrogens is 194 g/mol. The zero-order chi connectivity index (χ0) is 11.0. The molecule has 0 aliphatic heterocycles. The second kappa shape index (κ2) is 3.60. The van der Waals surface area contributed by atoms with Crippen LogP contribution < -0.4 is 5.73 Å². The summed E-state index contributed by atoms with van der Waals surface area (Å²) < 4.78 is 0. The summed E-state index contributed by atoms with van der Waals surface area (Å²) in [5, 5.41) is 0. The minimum absolute atomic E-state index is 0.00698. The van der Waals surface area contributed by atoms with Gasteiger partial charge >= 0.3 is 0 Å². The van der Waals surface area contributed by atoms with Gasteiger partial charge in [-0.1, -0.05) is 42.5 Å². The Morgan fingerprint density at radius 1 is 1.19 bits per heavy atom. The Kier molecular flexibility index (Phi) is 2.22. The van der Waals surface area contributed by atoms with Crippen molar-refractivity contribution >= 4 is 0 Å². The number of hydrogen-bond donors (Lipinski definition) is 1. The average Bonchev–Trinajstić information content (AvgIpc) is 3.10. The van der Waals surface area contributed by atoms with Gasteiger partial charge in [-0.25, -0.2) is 0 Å². The fraction of sp³-hybridized carbons (Fsp3) is 0.333. The molecule has 1 atom stereocenters. The largest absolute Gasteiger partial charge is 0.321 e. The van der Waals surface area contributed by atoms with Crippen molar-refractivity contribution in [2.24, 2.45) is 5.73 Å². The highest BCUT2D eigenvalue weighted by molar-refractivity contribution is 5.35. The molecule has 2 N–H and O–H groups in total. The van der Waals surface area contributed by atoms with Crippen LogP contribution in [0.1, 0.15) is 36.3 Å². The molecule has 1 heteroatoms. The van der Waals surface area contributed by atoms with Crippen molar-refractivity contribution in [1.82, 2.24) is 0 Å². The van der Waals surface area contributed by atoms with Crippen molar-refractivity contribution in [3.63, 3.8) is 0 Å². The van der Waals surface area contributed by atoms with E-state index in [1.165, 1.54) is 11.1 Å². The Balaban J connectivity index is 1.82. The highest BCUT2D eigenvalue weighted by atomic mass is 14.8. The Morgan fingerprint density at radius 3 is 2.50 bits per heavy atom. The molecule has 1 nitrogen and oxygen atoms in total. The van der Waals surface area contributed by atoms with Gasteiger partial charge < -0.3 is 5.73 Å². The third-order valence-electron chi connectivity index (χ3n) is 3.60. The Morgan fingerprint density at radius 2 is 1.94 bits per heavy atom. The molecule has 16 heavy (non-hydrogen) atoms. The molecule has 0 heterocycles. The number of hydrogen-bond acceptors (Lipinski definition) is 1. The van der Waals surface area contributed by atoms with Gasteiger partial charge in [-0.3, -0.25) is 0 Å². The van der Waals surface area contributed by atoms with Crippen molar-refractivity contribution < 1.29 is 0 Å². The highest BCUT2D eigenvalue weighted by Gasteiger charge is 2.39. The zero-order valence-corrected chi connectivity index (χ0v) is 9.32. The molecule has 2 aliphatic rings. The molecule has 81 valence electrons. The fourth-order valence-corrected chi connectivity index (χ4v) is 2.24. The summed E-state index contributed by atoms with van der Waals surface area (Å²) in [6.45, 7) is 0. The lowest BCUT2D eigenvalue weighted by Gasteiger charge is -2.15. The highest BCUT2D eigenvalue weighted by Crippen LogP contribution is 2.42. The molecule has 0 saturated heterocycles. The first-order chi connectivity index (χ1) is 7.78. The summed E-state index contributed by atoms with van der Waals surface area (Å²) >= 11 is 0. The van der Waals surface area contributed by atoms with Crippen LogP contribution in [0.2, 0.25) is 0 Å². The molecule has 2 aliphatic carbocycles. The molecule has 1 radical (unpaired) electrons. The third-order valence-corrected chi connectivity index (χ3v) is 3.60. The normalized spacial score (nSPS) is 25.7. The molecule has 1 fully saturated rings. The first kappa shape index (κ1) is 9.86. The summed E-state index contributed by atoms with van der Waals surface area (Å²) in [7, 11) is 0. The number of benzene rings is 1. The van der Waals surface area contributed by atoms with Gasteiger partial charge in [0.1, 0.15) is 0 Å². The molecule has 1 unspecified atom stereocenters. The van der Waals surface area contributed by atoms with Crippen LogP contribution in [-0.2, 0) is 5.54 Å². The standard InChI is InChI=1S/C15H16N/c16-15(10-11-15)14-8-6-13(7-9-14)12-4-2-1-3-5-12/h1-2,5-9,12H,4,10-11,16H2. The average molecular weight is 210 g/mol. The second-order valence-electron chi connectivity index (χ2n) is 4.86. The van der Waals surface area contributed by atoms with Crippen LogP contribution in [0.4, 0.5) is 0 Å². The molecule has 0 amide bonds. The van der Waals surface area contributed by atoms with Crippen LogP contribution in [-0.4, -0.2) is 0 Å². The van der Waals surface area contributed by atoms with Gasteiger partial charge in [-0.15, -0.1) is 0 Å². The van der Waals surface area contributed by atoms with E-state index >= 15 is 0 Å². The van der Waals surface area contributed by atoms with Crippen LogP contribution in [0.3, 0.4) is 0 Å². The van der Waals surface area contributed by atoms with Gasteiger partial charge in [0.15, 0.2) is 0 Å². The molecule has 1 aromatic carbocycles. The van der Waals surface area contributed by atoms with E-state index in [2.05, 4.69) is 42.5 Å². The van der Waals surface area contributed by atoms with Crippen LogP contribution in [0.5, 0.6) is 0 Å². The monoisotopic (exact) mass is 210 g/mol. The first-order valence-electron chi connectivity index (χ1n) is 5.92. The number of nitrogens with two attached hydrogens (primary N) is 1. The maximum atomic E-state index is 6.17. The molecule has 1 saturated carbocycles. The summed E-state index contributed by atoms with van der Waals surface area (Å²) in [5.41, 5.74) is 8.81. The fourth-order valence-electron chi connectivity index (χ4n) is 2.24. The minimum atomic E-state index is -0.00698. The van der Waals surface area contributed by atoms with Crippen molar-refractivity contribution in [2.75, 3.05) is 0 Å². The third kappa shape index (κ3) is 1.72. The quantitative estimate of drug-likeness (QED) is 0.797. The minimum Gasteiger partial charge on any atom is -0.321 e. The summed E-state index contributed by atoms with van der Waals surface area (Å²) in [6.07, 6.45) is 12.8. The lowest BCUT2D eigenvalue weighted by molar-refractivity contribution is 0.737. The second-order valence-corrected chi connectivity index (χ2v) is 4.86. The molecule has 1 aromatic rings. The van der Waals surface area contributed by atoms with Gasteiger partial charge in [0.2, 0.25) is 0 Å². The maximum Gasteiger partial charge on any atom is 0.0411 e. The molecule has 3 rings (SSSR count). The van der Waals surface area contributed by atoms with E-state index in [1.807, 2.05) is 6.08 Å². The molecule has 0 spiro atoms. The van der Waals surface area contributed by atoms with E-state index in [-0.39, 0.29) is 5.54 Å².